The van der Waals surface area contributed by atoms with Gasteiger partial charge in [-0.25, -0.2) is 0 Å². The maximum atomic E-state index is 12.0. The van der Waals surface area contributed by atoms with Crippen molar-refractivity contribution in [3.8, 4) is 0 Å². The number of hydrogen-bond acceptors (Lipinski definition) is 7. The summed E-state index contributed by atoms with van der Waals surface area (Å²) in [5, 5.41) is 21.0. The zero-order valence-electron chi connectivity index (χ0n) is 23.4. The Labute approximate surface area is 241 Å². The first-order valence-corrected chi connectivity index (χ1v) is 14.1. The van der Waals surface area contributed by atoms with Crippen molar-refractivity contribution in [2.45, 2.75) is 63.8 Å². The van der Waals surface area contributed by atoms with Gasteiger partial charge in [0.2, 0.25) is 5.91 Å². The number of rotatable bonds is 14. The van der Waals surface area contributed by atoms with Crippen molar-refractivity contribution >= 4 is 11.9 Å². The van der Waals surface area contributed by atoms with E-state index in [4.69, 9.17) is 14.6 Å². The van der Waals surface area contributed by atoms with E-state index in [-0.39, 0.29) is 37.6 Å². The molecule has 0 aliphatic carbocycles. The number of carboxylic acids is 1. The third kappa shape index (κ3) is 9.75. The average Bonchev–Trinajstić information content (AvgIpc) is 2.99. The molecule has 3 N–H and O–H groups in total. The highest BCUT2D eigenvalue weighted by atomic mass is 16.7. The summed E-state index contributed by atoms with van der Waals surface area (Å²) in [5.41, 5.74) is 4.77. The van der Waals surface area contributed by atoms with Crippen LogP contribution in [-0.2, 0) is 38.6 Å². The fourth-order valence-electron chi connectivity index (χ4n) is 4.81. The number of aliphatic hydroxyl groups excluding tert-OH is 1. The Kier molecular flexibility index (Phi) is 11.4. The van der Waals surface area contributed by atoms with Crippen molar-refractivity contribution in [3.63, 3.8) is 0 Å². The van der Waals surface area contributed by atoms with E-state index in [9.17, 15) is 14.7 Å². The number of likely N-dealkylation sites (N-methyl/N-ethyl adjacent to an activating group) is 1. The third-order valence-corrected chi connectivity index (χ3v) is 7.14. The molecule has 0 spiro atoms. The average molecular weight is 562 g/mol. The summed E-state index contributed by atoms with van der Waals surface area (Å²) in [6.07, 6.45) is 3.08. The molecule has 0 radical (unpaired) electrons. The van der Waals surface area contributed by atoms with Crippen molar-refractivity contribution in [3.05, 3.63) is 101 Å². The largest absolute Gasteiger partial charge is 0.481 e. The topological polar surface area (TPSA) is 121 Å². The number of benzene rings is 2. The number of pyridine rings is 1. The molecule has 218 valence electrons. The van der Waals surface area contributed by atoms with Crippen LogP contribution in [0, 0.1) is 0 Å². The molecule has 9 nitrogen and oxygen atoms in total. The van der Waals surface area contributed by atoms with Gasteiger partial charge in [0.1, 0.15) is 0 Å². The molecule has 41 heavy (non-hydrogen) atoms. The summed E-state index contributed by atoms with van der Waals surface area (Å²) in [4.78, 5) is 29.3. The van der Waals surface area contributed by atoms with Crippen molar-refractivity contribution in [2.75, 3.05) is 20.1 Å². The lowest BCUT2D eigenvalue weighted by Crippen LogP contribution is -2.38. The molecule has 2 heterocycles. The van der Waals surface area contributed by atoms with E-state index in [2.05, 4.69) is 22.2 Å². The normalized spacial score (nSPS) is 18.8. The number of amides is 1. The number of aromatic nitrogens is 1. The van der Waals surface area contributed by atoms with Crippen LogP contribution in [0.15, 0.2) is 72.9 Å². The number of hydrogen-bond donors (Lipinski definition) is 3. The lowest BCUT2D eigenvalue weighted by molar-refractivity contribution is -0.252. The Morgan fingerprint density at radius 1 is 0.976 bits per heavy atom. The predicted octanol–water partition coefficient (Wildman–Crippen LogP) is 4.16. The molecule has 0 unspecified atom stereocenters. The zero-order chi connectivity index (χ0) is 29.0. The summed E-state index contributed by atoms with van der Waals surface area (Å²) in [7, 11) is 2.09. The molecule has 1 saturated heterocycles. The van der Waals surface area contributed by atoms with E-state index in [0.717, 1.165) is 47.5 Å². The van der Waals surface area contributed by atoms with Gasteiger partial charge >= 0.3 is 5.97 Å². The third-order valence-electron chi connectivity index (χ3n) is 7.14. The van der Waals surface area contributed by atoms with Crippen molar-refractivity contribution < 1.29 is 29.3 Å². The fraction of sp³-hybridized carbons (Fsp3) is 0.406. The van der Waals surface area contributed by atoms with E-state index < -0.39 is 12.3 Å². The quantitative estimate of drug-likeness (QED) is 0.268. The van der Waals surface area contributed by atoms with Crippen LogP contribution < -0.4 is 5.32 Å². The molecule has 1 aliphatic heterocycles. The Morgan fingerprint density at radius 2 is 1.71 bits per heavy atom. The number of aliphatic hydroxyl groups is 1. The molecule has 3 aromatic rings. The maximum absolute atomic E-state index is 12.0. The van der Waals surface area contributed by atoms with Crippen LogP contribution in [0.4, 0.5) is 0 Å². The second-order valence-corrected chi connectivity index (χ2v) is 10.4. The van der Waals surface area contributed by atoms with Gasteiger partial charge in [-0.05, 0) is 42.3 Å². The van der Waals surface area contributed by atoms with Gasteiger partial charge in [-0.3, -0.25) is 14.6 Å². The molecule has 4 rings (SSSR count). The van der Waals surface area contributed by atoms with Gasteiger partial charge < -0.3 is 29.9 Å². The number of carboxylic acid groups (broad SMARTS) is 1. The summed E-state index contributed by atoms with van der Waals surface area (Å²) in [6.45, 7) is 1.96. The van der Waals surface area contributed by atoms with Crippen molar-refractivity contribution in [2.24, 2.45) is 0 Å². The maximum Gasteiger partial charge on any atom is 0.303 e. The van der Waals surface area contributed by atoms with Crippen LogP contribution in [0.25, 0.3) is 0 Å². The minimum absolute atomic E-state index is 0.00360. The molecule has 3 atom stereocenters. The number of carbonyl (C=O) groups is 2. The highest BCUT2D eigenvalue weighted by Gasteiger charge is 2.32. The van der Waals surface area contributed by atoms with Crippen LogP contribution in [0.5, 0.6) is 0 Å². The lowest BCUT2D eigenvalue weighted by Gasteiger charge is -2.38. The van der Waals surface area contributed by atoms with Gasteiger partial charge in [-0.1, -0.05) is 54.6 Å². The van der Waals surface area contributed by atoms with Crippen molar-refractivity contribution in [1.29, 1.82) is 0 Å². The molecule has 1 aromatic heterocycles. The van der Waals surface area contributed by atoms with Crippen LogP contribution in [-0.4, -0.2) is 58.2 Å². The standard InChI is InChI=1S/C32H39N3O6/c1-35(18-16-27-5-2-3-17-33-27)21-28-19-29(25-12-10-24(22-36)11-13-25)41-32(40-28)26-14-8-23(9-15-26)20-34-30(37)6-4-7-31(38)39/h2-3,5,8-15,17,28-29,32,36H,4,6-7,16,18-22H2,1H3,(H,34,37)(H,38,39)/t28-,29+,32+/m0/s1. The van der Waals surface area contributed by atoms with Gasteiger partial charge in [0.05, 0.1) is 18.8 Å². The highest BCUT2D eigenvalue weighted by Crippen LogP contribution is 2.38. The zero-order valence-corrected chi connectivity index (χ0v) is 23.4. The smallest absolute Gasteiger partial charge is 0.303 e. The highest BCUT2D eigenvalue weighted by molar-refractivity contribution is 5.76. The van der Waals surface area contributed by atoms with E-state index in [1.807, 2.05) is 72.9 Å². The molecule has 1 amide bonds. The Hall–Kier alpha value is -3.63. The molecular formula is C32H39N3O6. The van der Waals surface area contributed by atoms with E-state index in [0.29, 0.717) is 19.4 Å². The van der Waals surface area contributed by atoms with Gasteiger partial charge in [0, 0.05) is 62.8 Å². The molecule has 9 heteroatoms. The SMILES string of the molecule is CN(CCc1ccccn1)C[C@@H]1C[C@H](c2ccc(CO)cc2)O[C@H](c2ccc(CNC(=O)CCCC(=O)O)cc2)O1. The molecule has 1 fully saturated rings. The fourth-order valence-corrected chi connectivity index (χ4v) is 4.81. The number of nitrogens with one attached hydrogen (secondary N) is 1. The molecule has 2 aromatic carbocycles. The van der Waals surface area contributed by atoms with Crippen LogP contribution in [0.1, 0.15) is 66.0 Å². The van der Waals surface area contributed by atoms with Crippen LogP contribution in [0.2, 0.25) is 0 Å². The summed E-state index contributed by atoms with van der Waals surface area (Å²) < 4.78 is 12.9. The van der Waals surface area contributed by atoms with E-state index in [1.165, 1.54) is 0 Å². The van der Waals surface area contributed by atoms with Crippen molar-refractivity contribution in [1.82, 2.24) is 15.2 Å². The number of aliphatic carboxylic acids is 1. The Morgan fingerprint density at radius 3 is 2.39 bits per heavy atom. The van der Waals surface area contributed by atoms with Gasteiger partial charge in [0.25, 0.3) is 0 Å². The summed E-state index contributed by atoms with van der Waals surface area (Å²) >= 11 is 0. The lowest BCUT2D eigenvalue weighted by atomic mass is 9.99. The molecule has 0 bridgehead atoms. The number of ether oxygens (including phenoxy) is 2. The first-order valence-electron chi connectivity index (χ1n) is 14.1. The molecule has 0 saturated carbocycles. The van der Waals surface area contributed by atoms with Gasteiger partial charge in [-0.2, -0.15) is 0 Å². The van der Waals surface area contributed by atoms with E-state index >= 15 is 0 Å². The number of nitrogens with zero attached hydrogens (tertiary/aromatic N) is 2. The second kappa shape index (κ2) is 15.4. The predicted molar refractivity (Wildman–Crippen MR) is 154 cm³/mol. The minimum Gasteiger partial charge on any atom is -0.481 e. The molecule has 1 aliphatic rings. The van der Waals surface area contributed by atoms with Crippen LogP contribution in [0.3, 0.4) is 0 Å². The summed E-state index contributed by atoms with van der Waals surface area (Å²) in [5.74, 6) is -1.07. The Bertz CT molecular complexity index is 1240. The Balaban J connectivity index is 1.39. The monoisotopic (exact) mass is 561 g/mol. The first kappa shape index (κ1) is 30.3. The van der Waals surface area contributed by atoms with Gasteiger partial charge in [0.15, 0.2) is 6.29 Å². The molecular weight excluding hydrogens is 522 g/mol. The van der Waals surface area contributed by atoms with Crippen LogP contribution >= 0.6 is 0 Å². The minimum atomic E-state index is -0.900. The first-order chi connectivity index (χ1) is 19.9. The number of carbonyl (C=O) groups excluding carboxylic acids is 1. The summed E-state index contributed by atoms with van der Waals surface area (Å²) in [6, 6.07) is 21.6. The van der Waals surface area contributed by atoms with Gasteiger partial charge in [-0.15, -0.1) is 0 Å². The second-order valence-electron chi connectivity index (χ2n) is 10.4. The van der Waals surface area contributed by atoms with E-state index in [1.54, 1.807) is 0 Å².